The lowest BCUT2D eigenvalue weighted by molar-refractivity contribution is 0.104. The molecule has 0 amide bonds. The Balaban J connectivity index is 2.06. The number of thiophene rings is 1. The number of ketones is 1. The van der Waals surface area contributed by atoms with Crippen molar-refractivity contribution in [3.05, 3.63) is 46.5 Å². The van der Waals surface area contributed by atoms with E-state index >= 15 is 0 Å². The first-order chi connectivity index (χ1) is 12.6. The third-order valence-corrected chi connectivity index (χ3v) is 6.52. The second kappa shape index (κ2) is 7.77. The summed E-state index contributed by atoms with van der Waals surface area (Å²) in [4.78, 5) is 17.6. The fraction of sp³-hybridized carbons (Fsp3) is 0.211. The number of hydrogen-bond donors (Lipinski definition) is 2. The number of nitrogens with two attached hydrogens (primary N) is 1. The largest absolute Gasteiger partial charge is 0.506 e. The molecule has 0 aliphatic rings. The van der Waals surface area contributed by atoms with Crippen LogP contribution in [0.3, 0.4) is 0 Å². The van der Waals surface area contributed by atoms with Crippen LogP contribution in [0.5, 0.6) is 5.75 Å². The summed E-state index contributed by atoms with van der Waals surface area (Å²) in [6, 6.07) is 8.59. The number of rotatable bonds is 6. The van der Waals surface area contributed by atoms with Gasteiger partial charge in [0, 0.05) is 17.1 Å². The van der Waals surface area contributed by atoms with Crippen LogP contribution in [0.1, 0.15) is 40.6 Å². The monoisotopic (exact) mass is 383 g/mol. The Morgan fingerprint density at radius 2 is 2.23 bits per heavy atom. The number of phenolic OH excluding ortho intramolecular Hbond substituents is 1. The highest BCUT2D eigenvalue weighted by Crippen LogP contribution is 2.40. The smallest absolute Gasteiger partial charge is 0.205 e. The van der Waals surface area contributed by atoms with E-state index in [4.69, 9.17) is 5.73 Å². The molecule has 0 atom stereocenters. The molecule has 0 bridgehead atoms. The van der Waals surface area contributed by atoms with Gasteiger partial charge in [0.15, 0.2) is 0 Å². The van der Waals surface area contributed by atoms with E-state index in [1.807, 2.05) is 0 Å². The fourth-order valence-electron chi connectivity index (χ4n) is 2.59. The van der Waals surface area contributed by atoms with Gasteiger partial charge in [-0.05, 0) is 30.4 Å². The third-order valence-electron chi connectivity index (χ3n) is 3.95. The predicted octanol–water partition coefficient (Wildman–Crippen LogP) is 4.58. The van der Waals surface area contributed by atoms with Gasteiger partial charge in [-0.3, -0.25) is 9.78 Å². The number of hydrogen-bond acceptors (Lipinski definition) is 7. The lowest BCUT2D eigenvalue weighted by atomic mass is 10.0. The van der Waals surface area contributed by atoms with Gasteiger partial charge in [-0.1, -0.05) is 19.4 Å². The topological polar surface area (TPSA) is 100 Å². The van der Waals surface area contributed by atoms with E-state index in [2.05, 4.69) is 18.0 Å². The molecule has 0 fully saturated rings. The standard InChI is InChI=1S/C19H17N3O2S2/c1-2-3-9-25-19-13(10-20)15(21)18(26-19)17(24)12-6-7-14(23)16-11(12)5-4-8-22-16/h4-8,23H,2-3,9,21H2,1H3. The zero-order valence-corrected chi connectivity index (χ0v) is 15.8. The summed E-state index contributed by atoms with van der Waals surface area (Å²) in [6.07, 6.45) is 3.66. The van der Waals surface area contributed by atoms with Crippen molar-refractivity contribution in [3.8, 4) is 11.8 Å². The zero-order valence-electron chi connectivity index (χ0n) is 14.2. The molecule has 0 spiro atoms. The van der Waals surface area contributed by atoms with Gasteiger partial charge in [0.25, 0.3) is 0 Å². The van der Waals surface area contributed by atoms with Crippen molar-refractivity contribution in [2.45, 2.75) is 24.0 Å². The van der Waals surface area contributed by atoms with Crippen LogP contribution in [0, 0.1) is 11.3 Å². The second-order valence-corrected chi connectivity index (χ2v) is 8.07. The van der Waals surface area contributed by atoms with Crippen LogP contribution in [0.25, 0.3) is 10.9 Å². The van der Waals surface area contributed by atoms with E-state index in [9.17, 15) is 15.2 Å². The summed E-state index contributed by atoms with van der Waals surface area (Å²) in [6.45, 7) is 2.10. The van der Waals surface area contributed by atoms with Gasteiger partial charge in [-0.2, -0.15) is 5.26 Å². The minimum Gasteiger partial charge on any atom is -0.506 e. The molecule has 0 radical (unpaired) electrons. The van der Waals surface area contributed by atoms with Crippen LogP contribution in [-0.4, -0.2) is 21.6 Å². The van der Waals surface area contributed by atoms with Gasteiger partial charge in [0.2, 0.25) is 5.78 Å². The van der Waals surface area contributed by atoms with Crippen molar-refractivity contribution < 1.29 is 9.90 Å². The van der Waals surface area contributed by atoms with Gasteiger partial charge in [-0.15, -0.1) is 23.1 Å². The van der Waals surface area contributed by atoms with Crippen LogP contribution in [0.15, 0.2) is 34.7 Å². The maximum absolute atomic E-state index is 13.1. The van der Waals surface area contributed by atoms with Gasteiger partial charge < -0.3 is 10.8 Å². The number of phenols is 1. The number of unbranched alkanes of at least 4 members (excludes halogenated alkanes) is 1. The number of nitrogen functional groups attached to an aromatic ring is 1. The normalized spacial score (nSPS) is 10.8. The average molecular weight is 383 g/mol. The molecule has 26 heavy (non-hydrogen) atoms. The average Bonchev–Trinajstić information content (AvgIpc) is 2.97. The number of anilines is 1. The molecule has 3 rings (SSSR count). The molecule has 0 aliphatic carbocycles. The summed E-state index contributed by atoms with van der Waals surface area (Å²) < 4.78 is 0.781. The van der Waals surface area contributed by atoms with Crippen molar-refractivity contribution in [2.24, 2.45) is 0 Å². The zero-order chi connectivity index (χ0) is 18.7. The Labute approximate surface area is 159 Å². The molecule has 5 nitrogen and oxygen atoms in total. The van der Waals surface area contributed by atoms with Crippen molar-refractivity contribution in [1.29, 1.82) is 5.26 Å². The quantitative estimate of drug-likeness (QED) is 0.367. The molecular weight excluding hydrogens is 366 g/mol. The van der Waals surface area contributed by atoms with E-state index < -0.39 is 0 Å². The molecule has 132 valence electrons. The number of aromatic hydroxyl groups is 1. The van der Waals surface area contributed by atoms with E-state index in [0.29, 0.717) is 26.9 Å². The lowest BCUT2D eigenvalue weighted by Crippen LogP contribution is -2.04. The van der Waals surface area contributed by atoms with Crippen LogP contribution in [-0.2, 0) is 0 Å². The Bertz CT molecular complexity index is 1020. The molecular formula is C19H17N3O2S2. The summed E-state index contributed by atoms with van der Waals surface area (Å²) in [7, 11) is 0. The van der Waals surface area contributed by atoms with Gasteiger partial charge in [0.05, 0.1) is 9.90 Å². The second-order valence-electron chi connectivity index (χ2n) is 5.68. The van der Waals surface area contributed by atoms with Crippen molar-refractivity contribution in [1.82, 2.24) is 4.98 Å². The van der Waals surface area contributed by atoms with Crippen molar-refractivity contribution in [3.63, 3.8) is 0 Å². The van der Waals surface area contributed by atoms with Crippen LogP contribution in [0.4, 0.5) is 5.69 Å². The van der Waals surface area contributed by atoms with Crippen molar-refractivity contribution in [2.75, 3.05) is 11.5 Å². The Morgan fingerprint density at radius 3 is 2.96 bits per heavy atom. The van der Waals surface area contributed by atoms with Crippen LogP contribution in [0.2, 0.25) is 0 Å². The van der Waals surface area contributed by atoms with Gasteiger partial charge in [-0.25, -0.2) is 0 Å². The number of pyridine rings is 1. The molecule has 2 aromatic heterocycles. The maximum Gasteiger partial charge on any atom is 0.205 e. The molecule has 2 heterocycles. The number of aromatic nitrogens is 1. The van der Waals surface area contributed by atoms with E-state index in [-0.39, 0.29) is 17.2 Å². The molecule has 7 heteroatoms. The summed E-state index contributed by atoms with van der Waals surface area (Å²) >= 11 is 2.82. The lowest BCUT2D eigenvalue weighted by Gasteiger charge is -2.06. The van der Waals surface area contributed by atoms with E-state index in [1.54, 1.807) is 36.2 Å². The van der Waals surface area contributed by atoms with E-state index in [0.717, 1.165) is 22.8 Å². The highest BCUT2D eigenvalue weighted by molar-refractivity contribution is 8.01. The first kappa shape index (κ1) is 18.2. The van der Waals surface area contributed by atoms with Crippen LogP contribution >= 0.6 is 23.1 Å². The SMILES string of the molecule is CCCCSc1sc(C(=O)c2ccc(O)c3ncccc23)c(N)c1C#N. The number of thioether (sulfide) groups is 1. The summed E-state index contributed by atoms with van der Waals surface area (Å²) in [5, 5.41) is 20.0. The highest BCUT2D eigenvalue weighted by Gasteiger charge is 2.24. The first-order valence-electron chi connectivity index (χ1n) is 8.15. The minimum atomic E-state index is -0.260. The summed E-state index contributed by atoms with van der Waals surface area (Å²) in [5.41, 5.74) is 7.50. The molecule has 1 aromatic carbocycles. The van der Waals surface area contributed by atoms with Crippen LogP contribution < -0.4 is 5.73 Å². The number of fused-ring (bicyclic) bond motifs is 1. The maximum atomic E-state index is 13.1. The van der Waals surface area contributed by atoms with Gasteiger partial charge in [0.1, 0.15) is 27.8 Å². The Hall–Kier alpha value is -2.56. The number of carbonyl (C=O) groups is 1. The number of nitrogens with zero attached hydrogens (tertiary/aromatic N) is 2. The van der Waals surface area contributed by atoms with Crippen molar-refractivity contribution >= 4 is 45.5 Å². The fourth-order valence-corrected chi connectivity index (χ4v) is 5.10. The summed E-state index contributed by atoms with van der Waals surface area (Å²) in [5.74, 6) is 0.638. The first-order valence-corrected chi connectivity index (χ1v) is 9.95. The Morgan fingerprint density at radius 1 is 1.42 bits per heavy atom. The molecule has 3 aromatic rings. The third kappa shape index (κ3) is 3.26. The number of nitriles is 1. The highest BCUT2D eigenvalue weighted by atomic mass is 32.2. The minimum absolute atomic E-state index is 0.0184. The van der Waals surface area contributed by atoms with E-state index in [1.165, 1.54) is 17.4 Å². The number of benzene rings is 1. The molecule has 0 unspecified atom stereocenters. The molecule has 0 aliphatic heterocycles. The molecule has 0 saturated carbocycles. The Kier molecular flexibility index (Phi) is 5.45. The molecule has 0 saturated heterocycles. The predicted molar refractivity (Wildman–Crippen MR) is 106 cm³/mol. The number of carbonyl (C=O) groups excluding carboxylic acids is 1. The molecule has 3 N–H and O–H groups in total. The van der Waals surface area contributed by atoms with Gasteiger partial charge >= 0.3 is 0 Å².